The fourth-order valence-electron chi connectivity index (χ4n) is 7.95. The molecule has 496 valence electrons. The molecule has 0 saturated heterocycles. The lowest BCUT2D eigenvalue weighted by Gasteiger charge is -2.18. The Labute approximate surface area is 551 Å². The smallest absolute Gasteiger partial charge is 0.269 e. The molecule has 4 atom stereocenters. The Morgan fingerprint density at radius 3 is 1.01 bits per heavy atom. The number of nitro groups is 2. The largest absolute Gasteiger partial charge is 0.399 e. The fraction of sp³-hybridized carbons (Fsp3) is 0.403. The van der Waals surface area contributed by atoms with Crippen LogP contribution in [0, 0.1) is 73.5 Å². The van der Waals surface area contributed by atoms with E-state index in [1.807, 2.05) is 62.4 Å². The van der Waals surface area contributed by atoms with Gasteiger partial charge in [0.15, 0.2) is 0 Å². The second-order valence-corrected chi connectivity index (χ2v) is 28.5. The molecule has 6 N–H and O–H groups in total. The minimum atomic E-state index is -3.63. The van der Waals surface area contributed by atoms with Crippen LogP contribution in [0.4, 0.5) is 28.4 Å². The van der Waals surface area contributed by atoms with Crippen molar-refractivity contribution >= 4 is 70.3 Å². The quantitative estimate of drug-likeness (QED) is 0.0132. The standard InChI is InChI=1S/C18H22N2O4S.C18H23NO2S.C12H17NO2.C12H19N.C7H6BrNO2.C5H12/c1-13(2)17(18(21)19-22)12-14-8-10-15(11-9-14)20-25(23,24)16-6-4-3-5-7-16;1-14(2)15(3)13-16-9-11-17(12-10-16)19-22(20,21)18-7-5-4-6-8-18;1-9(2)10(3)8-11-4-6-12(7-5-11)13(14)15;1-9(2)10(3)8-11-4-6-12(13)7-5-11;8-5-6-1-3-7(4-2-6)9(10)11;1-4-5(2)3/h3-11,13,17,20,22H,12H2,1-2H3,(H,19,21);4-12,14-15,19H,13H2,1-3H3;4-7,9-10H,8H2,1-3H3;4-7,9-10H,8,13H2,1-3H3;1-4H,5H2;5H,4H2,1-3H3. The van der Waals surface area contributed by atoms with Gasteiger partial charge in [-0.15, -0.1) is 0 Å². The number of hydroxylamine groups is 1. The number of benzene rings is 7. The number of hydrogen-bond donors (Lipinski definition) is 5. The Kier molecular flexibility index (Phi) is 36.0. The molecular formula is C72H99BrN6O10S2. The molecular weight excluding hydrogens is 1250 g/mol. The van der Waals surface area contributed by atoms with Crippen molar-refractivity contribution in [1.82, 2.24) is 5.48 Å². The lowest BCUT2D eigenvalue weighted by molar-refractivity contribution is -0.385. The number of nitrogens with one attached hydrogen (secondary N) is 3. The van der Waals surface area contributed by atoms with E-state index in [1.165, 1.54) is 47.4 Å². The topological polar surface area (TPSA) is 254 Å². The van der Waals surface area contributed by atoms with Gasteiger partial charge in [-0.2, -0.15) is 0 Å². The van der Waals surface area contributed by atoms with E-state index in [0.29, 0.717) is 41.5 Å². The molecule has 0 heterocycles. The van der Waals surface area contributed by atoms with E-state index < -0.39 is 30.9 Å². The van der Waals surface area contributed by atoms with Crippen molar-refractivity contribution < 1.29 is 36.7 Å². The number of nitrogens with two attached hydrogens (primary N) is 1. The molecule has 0 saturated carbocycles. The van der Waals surface area contributed by atoms with Crippen molar-refractivity contribution in [3.05, 3.63) is 230 Å². The third-order valence-electron chi connectivity index (χ3n) is 15.6. The minimum absolute atomic E-state index is 0.0587. The van der Waals surface area contributed by atoms with E-state index in [-0.39, 0.29) is 37.9 Å². The molecule has 7 rings (SSSR count). The van der Waals surface area contributed by atoms with Gasteiger partial charge >= 0.3 is 0 Å². The third kappa shape index (κ3) is 31.4. The van der Waals surface area contributed by atoms with Gasteiger partial charge in [-0.05, 0) is 162 Å². The number of sulfonamides is 2. The molecule has 0 aliphatic rings. The van der Waals surface area contributed by atoms with Crippen LogP contribution < -0.4 is 20.7 Å². The number of nitro benzene ring substituents is 2. The number of carbonyl (C=O) groups is 1. The zero-order valence-electron chi connectivity index (χ0n) is 55.5. The van der Waals surface area contributed by atoms with Crippen LogP contribution in [0.15, 0.2) is 192 Å². The second-order valence-electron chi connectivity index (χ2n) is 24.6. The maximum atomic E-state index is 12.3. The van der Waals surface area contributed by atoms with Gasteiger partial charge < -0.3 is 5.73 Å². The first-order valence-corrected chi connectivity index (χ1v) is 35.1. The summed E-state index contributed by atoms with van der Waals surface area (Å²) in [7, 11) is -7.14. The maximum Gasteiger partial charge on any atom is 0.269 e. The molecule has 91 heavy (non-hydrogen) atoms. The summed E-state index contributed by atoms with van der Waals surface area (Å²) < 4.78 is 54.2. The molecule has 7 aromatic carbocycles. The second kappa shape index (κ2) is 41.1. The highest BCUT2D eigenvalue weighted by atomic mass is 79.9. The summed E-state index contributed by atoms with van der Waals surface area (Å²) in [6, 6.07) is 52.5. The van der Waals surface area contributed by atoms with Gasteiger partial charge in [0.25, 0.3) is 31.4 Å². The van der Waals surface area contributed by atoms with Gasteiger partial charge in [-0.25, -0.2) is 22.3 Å². The predicted octanol–water partition coefficient (Wildman–Crippen LogP) is 18.2. The van der Waals surface area contributed by atoms with Crippen LogP contribution in [-0.4, -0.2) is 37.8 Å². The average molecular weight is 1350 g/mol. The van der Waals surface area contributed by atoms with E-state index in [9.17, 15) is 41.9 Å². The van der Waals surface area contributed by atoms with Crippen molar-refractivity contribution in [2.45, 2.75) is 144 Å². The number of non-ortho nitro benzene ring substituents is 2. The van der Waals surface area contributed by atoms with Crippen molar-refractivity contribution in [2.24, 2.45) is 53.3 Å². The lowest BCUT2D eigenvalue weighted by atomic mass is 9.88. The third-order valence-corrected chi connectivity index (χ3v) is 19.0. The van der Waals surface area contributed by atoms with Crippen LogP contribution in [0.1, 0.15) is 131 Å². The van der Waals surface area contributed by atoms with Crippen molar-refractivity contribution in [3.63, 3.8) is 0 Å². The normalized spacial score (nSPS) is 12.3. The SMILES string of the molecule is CC(C)C(C)Cc1ccc(N)cc1.CC(C)C(C)Cc1ccc(NS(=O)(=O)c2ccccc2)cc1.CC(C)C(C)Cc1ccc([N+](=O)[O-])cc1.CC(C)C(Cc1ccc(NS(=O)(=O)c2ccccc2)cc1)C(=O)NO.CCC(C)C.O=[N+]([O-])c1ccc(CBr)cc1. The Morgan fingerprint density at radius 2 is 0.747 bits per heavy atom. The number of anilines is 3. The molecule has 7 aromatic rings. The summed E-state index contributed by atoms with van der Waals surface area (Å²) in [5.41, 5.74) is 15.2. The highest BCUT2D eigenvalue weighted by Gasteiger charge is 2.23. The Morgan fingerprint density at radius 1 is 0.462 bits per heavy atom. The van der Waals surface area contributed by atoms with Crippen molar-refractivity contribution in [2.75, 3.05) is 15.2 Å². The number of halogens is 1. The number of nitrogen functional groups attached to an aromatic ring is 1. The van der Waals surface area contributed by atoms with Crippen molar-refractivity contribution in [3.8, 4) is 0 Å². The summed E-state index contributed by atoms with van der Waals surface area (Å²) in [6.07, 6.45) is 4.90. The van der Waals surface area contributed by atoms with Crippen LogP contribution in [0.5, 0.6) is 0 Å². The van der Waals surface area contributed by atoms with E-state index in [2.05, 4.69) is 121 Å². The van der Waals surface area contributed by atoms with Gasteiger partial charge in [0.2, 0.25) is 5.91 Å². The average Bonchev–Trinajstić information content (AvgIpc) is 1.84. The molecule has 0 radical (unpaired) electrons. The Hall–Kier alpha value is -7.45. The Bertz CT molecular complexity index is 3410. The zero-order valence-corrected chi connectivity index (χ0v) is 58.8. The molecule has 0 fully saturated rings. The first kappa shape index (κ1) is 79.6. The van der Waals surface area contributed by atoms with Crippen LogP contribution in [0.25, 0.3) is 0 Å². The highest BCUT2D eigenvalue weighted by Crippen LogP contribution is 2.24. The molecule has 16 nitrogen and oxygen atoms in total. The van der Waals surface area contributed by atoms with E-state index in [0.717, 1.165) is 59.2 Å². The van der Waals surface area contributed by atoms with Gasteiger partial charge in [0.05, 0.1) is 19.6 Å². The summed E-state index contributed by atoms with van der Waals surface area (Å²) in [4.78, 5) is 32.1. The van der Waals surface area contributed by atoms with E-state index >= 15 is 0 Å². The summed E-state index contributed by atoms with van der Waals surface area (Å²) in [5.74, 6) is 4.12. The number of amides is 1. The minimum Gasteiger partial charge on any atom is -0.399 e. The maximum absolute atomic E-state index is 12.3. The number of alkyl halides is 1. The number of rotatable bonds is 23. The van der Waals surface area contributed by atoms with Gasteiger partial charge in [0.1, 0.15) is 0 Å². The Balaban J connectivity index is 0.000000391. The van der Waals surface area contributed by atoms with Crippen LogP contribution >= 0.6 is 15.9 Å². The summed E-state index contributed by atoms with van der Waals surface area (Å²) >= 11 is 3.25. The molecule has 0 aliphatic carbocycles. The van der Waals surface area contributed by atoms with E-state index in [1.54, 1.807) is 103 Å². The van der Waals surface area contributed by atoms with Gasteiger partial charge in [0, 0.05) is 52.6 Å². The summed E-state index contributed by atoms with van der Waals surface area (Å²) in [5, 5.41) is 30.2. The van der Waals surface area contributed by atoms with Crippen LogP contribution in [-0.2, 0) is 55.9 Å². The number of hydrogen-bond acceptors (Lipinski definition) is 11. The van der Waals surface area contributed by atoms with Gasteiger partial charge in [-0.3, -0.25) is 39.7 Å². The first-order chi connectivity index (χ1) is 42.8. The first-order valence-electron chi connectivity index (χ1n) is 31.0. The van der Waals surface area contributed by atoms with Gasteiger partial charge in [-0.1, -0.05) is 216 Å². The summed E-state index contributed by atoms with van der Waals surface area (Å²) in [6.45, 7) is 30.5. The lowest BCUT2D eigenvalue weighted by Crippen LogP contribution is -2.32. The fourth-order valence-corrected chi connectivity index (χ4v) is 10.5. The zero-order chi connectivity index (χ0) is 68.4. The number of carbonyl (C=O) groups excluding carboxylic acids is 1. The predicted molar refractivity (Wildman–Crippen MR) is 377 cm³/mol. The van der Waals surface area contributed by atoms with Crippen molar-refractivity contribution in [1.29, 1.82) is 0 Å². The number of nitrogens with zero attached hydrogens (tertiary/aromatic N) is 2. The van der Waals surface area contributed by atoms with Crippen LogP contribution in [0.2, 0.25) is 0 Å². The van der Waals surface area contributed by atoms with E-state index in [4.69, 9.17) is 10.9 Å². The molecule has 1 amide bonds. The molecule has 4 unspecified atom stereocenters. The molecule has 19 heteroatoms. The molecule has 0 bridgehead atoms. The highest BCUT2D eigenvalue weighted by molar-refractivity contribution is 9.08. The molecule has 0 spiro atoms. The molecule has 0 aromatic heterocycles. The van der Waals surface area contributed by atoms with Crippen LogP contribution in [0.3, 0.4) is 0 Å². The molecule has 0 aliphatic heterocycles. The monoisotopic (exact) mass is 1350 g/mol.